The molecule has 0 saturated heterocycles. The van der Waals surface area contributed by atoms with Gasteiger partial charge in [0, 0.05) is 18.5 Å². The Kier molecular flexibility index (Phi) is 5.28. The average molecular weight is 260 g/mol. The van der Waals surface area contributed by atoms with Crippen LogP contribution in [-0.4, -0.2) is 42.7 Å². The molecule has 6 heteroatoms. The Balaban J connectivity index is 3.08. The minimum Gasteiger partial charge on any atom is -0.481 e. The summed E-state index contributed by atoms with van der Waals surface area (Å²) in [7, 11) is 3.12. The van der Waals surface area contributed by atoms with E-state index >= 15 is 0 Å². The van der Waals surface area contributed by atoms with Crippen molar-refractivity contribution in [2.45, 2.75) is 19.9 Å². The second-order valence-corrected chi connectivity index (χ2v) is 4.11. The zero-order chi connectivity index (χ0) is 12.8. The smallest absolute Gasteiger partial charge is 0.232 e. The number of halogens is 1. The molecule has 0 amide bonds. The lowest BCUT2D eigenvalue weighted by Crippen LogP contribution is -2.34. The highest BCUT2D eigenvalue weighted by atomic mass is 35.5. The summed E-state index contributed by atoms with van der Waals surface area (Å²) in [5.41, 5.74) is 0. The maximum atomic E-state index is 5.78. The molecule has 0 fully saturated rings. The Labute approximate surface area is 107 Å². The van der Waals surface area contributed by atoms with Crippen LogP contribution < -0.4 is 14.4 Å². The Morgan fingerprint density at radius 1 is 1.24 bits per heavy atom. The van der Waals surface area contributed by atoms with E-state index in [0.717, 1.165) is 0 Å². The summed E-state index contributed by atoms with van der Waals surface area (Å²) in [5, 5.41) is 0. The van der Waals surface area contributed by atoms with E-state index in [9.17, 15) is 0 Å². The quantitative estimate of drug-likeness (QED) is 0.731. The SMILES string of the molecule is COc1cc(OC)nc(N(CCCl)C(C)C)n1. The number of nitrogens with zero attached hydrogens (tertiary/aromatic N) is 3. The summed E-state index contributed by atoms with van der Waals surface area (Å²) < 4.78 is 10.2. The van der Waals surface area contributed by atoms with Crippen LogP contribution in [0.15, 0.2) is 6.07 Å². The topological polar surface area (TPSA) is 47.5 Å². The molecule has 0 N–H and O–H groups in total. The third kappa shape index (κ3) is 3.63. The van der Waals surface area contributed by atoms with Crippen LogP contribution in [0.5, 0.6) is 11.8 Å². The molecule has 1 aromatic heterocycles. The molecule has 0 aliphatic rings. The van der Waals surface area contributed by atoms with Crippen LogP contribution in [0.4, 0.5) is 5.95 Å². The molecule has 5 nitrogen and oxygen atoms in total. The van der Waals surface area contributed by atoms with Gasteiger partial charge in [0.1, 0.15) is 0 Å². The first-order valence-electron chi connectivity index (χ1n) is 5.42. The van der Waals surface area contributed by atoms with Gasteiger partial charge >= 0.3 is 0 Å². The highest BCUT2D eigenvalue weighted by Crippen LogP contribution is 2.21. The molecule has 1 heterocycles. The molecular formula is C11H18ClN3O2. The van der Waals surface area contributed by atoms with Gasteiger partial charge in [-0.15, -0.1) is 11.6 Å². The van der Waals surface area contributed by atoms with Crippen LogP contribution in [0.1, 0.15) is 13.8 Å². The van der Waals surface area contributed by atoms with E-state index in [1.165, 1.54) is 0 Å². The molecule has 0 aromatic carbocycles. The zero-order valence-corrected chi connectivity index (χ0v) is 11.4. The van der Waals surface area contributed by atoms with Gasteiger partial charge in [0.2, 0.25) is 17.7 Å². The molecule has 17 heavy (non-hydrogen) atoms. The summed E-state index contributed by atoms with van der Waals surface area (Å²) in [6.07, 6.45) is 0. The van der Waals surface area contributed by atoms with Crippen molar-refractivity contribution < 1.29 is 9.47 Å². The van der Waals surface area contributed by atoms with Crippen molar-refractivity contribution in [3.8, 4) is 11.8 Å². The number of rotatable bonds is 6. The molecule has 0 radical (unpaired) electrons. The lowest BCUT2D eigenvalue weighted by Gasteiger charge is -2.26. The van der Waals surface area contributed by atoms with Crippen molar-refractivity contribution >= 4 is 17.5 Å². The van der Waals surface area contributed by atoms with Crippen molar-refractivity contribution in [2.24, 2.45) is 0 Å². The minimum absolute atomic E-state index is 0.255. The fraction of sp³-hybridized carbons (Fsp3) is 0.636. The number of hydrogen-bond acceptors (Lipinski definition) is 5. The summed E-state index contributed by atoms with van der Waals surface area (Å²) >= 11 is 5.78. The standard InChI is InChI=1S/C11H18ClN3O2/c1-8(2)15(6-5-12)11-13-9(16-3)7-10(14-11)17-4/h7-8H,5-6H2,1-4H3. The maximum absolute atomic E-state index is 5.78. The molecule has 0 unspecified atom stereocenters. The number of methoxy groups -OCH3 is 2. The van der Waals surface area contributed by atoms with E-state index in [1.54, 1.807) is 20.3 Å². The van der Waals surface area contributed by atoms with Crippen molar-refractivity contribution in [3.63, 3.8) is 0 Å². The van der Waals surface area contributed by atoms with E-state index in [4.69, 9.17) is 21.1 Å². The number of anilines is 1. The maximum Gasteiger partial charge on any atom is 0.232 e. The molecule has 0 aliphatic carbocycles. The monoisotopic (exact) mass is 259 g/mol. The van der Waals surface area contributed by atoms with Gasteiger partial charge in [-0.1, -0.05) is 0 Å². The molecule has 0 aliphatic heterocycles. The predicted molar refractivity (Wildman–Crippen MR) is 68.3 cm³/mol. The summed E-state index contributed by atoms with van der Waals surface area (Å²) in [6.45, 7) is 4.79. The molecular weight excluding hydrogens is 242 g/mol. The van der Waals surface area contributed by atoms with Crippen LogP contribution >= 0.6 is 11.6 Å². The second-order valence-electron chi connectivity index (χ2n) is 3.73. The van der Waals surface area contributed by atoms with Crippen LogP contribution in [0, 0.1) is 0 Å². The van der Waals surface area contributed by atoms with Gasteiger partial charge < -0.3 is 14.4 Å². The van der Waals surface area contributed by atoms with Crippen molar-refractivity contribution in [1.29, 1.82) is 0 Å². The highest BCUT2D eigenvalue weighted by Gasteiger charge is 2.15. The normalized spacial score (nSPS) is 10.5. The van der Waals surface area contributed by atoms with Crippen LogP contribution in [0.3, 0.4) is 0 Å². The summed E-state index contributed by atoms with van der Waals surface area (Å²) in [5.74, 6) is 2.04. The molecule has 0 bridgehead atoms. The second kappa shape index (κ2) is 6.49. The first-order valence-corrected chi connectivity index (χ1v) is 5.95. The van der Waals surface area contributed by atoms with Gasteiger partial charge in [0.05, 0.1) is 20.3 Å². The highest BCUT2D eigenvalue weighted by molar-refractivity contribution is 6.18. The van der Waals surface area contributed by atoms with Gasteiger partial charge in [-0.3, -0.25) is 0 Å². The fourth-order valence-electron chi connectivity index (χ4n) is 1.41. The van der Waals surface area contributed by atoms with E-state index in [0.29, 0.717) is 30.1 Å². The van der Waals surface area contributed by atoms with Gasteiger partial charge in [-0.05, 0) is 13.8 Å². The van der Waals surface area contributed by atoms with Crippen LogP contribution in [0.25, 0.3) is 0 Å². The Morgan fingerprint density at radius 3 is 2.12 bits per heavy atom. The average Bonchev–Trinajstić information content (AvgIpc) is 2.34. The van der Waals surface area contributed by atoms with E-state index in [2.05, 4.69) is 23.8 Å². The largest absolute Gasteiger partial charge is 0.481 e. The third-order valence-corrected chi connectivity index (χ3v) is 2.46. The zero-order valence-electron chi connectivity index (χ0n) is 10.6. The Morgan fingerprint density at radius 2 is 1.76 bits per heavy atom. The molecule has 0 atom stereocenters. The van der Waals surface area contributed by atoms with Gasteiger partial charge in [0.15, 0.2) is 0 Å². The van der Waals surface area contributed by atoms with E-state index < -0.39 is 0 Å². The lowest BCUT2D eigenvalue weighted by molar-refractivity contribution is 0.371. The number of hydrogen-bond donors (Lipinski definition) is 0. The first-order chi connectivity index (χ1) is 8.12. The molecule has 0 saturated carbocycles. The van der Waals surface area contributed by atoms with Crippen LogP contribution in [-0.2, 0) is 0 Å². The van der Waals surface area contributed by atoms with Gasteiger partial charge in [0.25, 0.3) is 0 Å². The van der Waals surface area contributed by atoms with E-state index in [1.807, 2.05) is 4.90 Å². The summed E-state index contributed by atoms with van der Waals surface area (Å²) in [4.78, 5) is 10.6. The molecule has 0 spiro atoms. The summed E-state index contributed by atoms with van der Waals surface area (Å²) in [6, 6.07) is 1.90. The number of alkyl halides is 1. The van der Waals surface area contributed by atoms with Gasteiger partial charge in [-0.25, -0.2) is 0 Å². The van der Waals surface area contributed by atoms with Gasteiger partial charge in [-0.2, -0.15) is 9.97 Å². The van der Waals surface area contributed by atoms with Crippen LogP contribution in [0.2, 0.25) is 0 Å². The van der Waals surface area contributed by atoms with E-state index in [-0.39, 0.29) is 6.04 Å². The minimum atomic E-state index is 0.255. The molecule has 96 valence electrons. The number of ether oxygens (including phenoxy) is 2. The molecule has 1 rings (SSSR count). The number of aromatic nitrogens is 2. The van der Waals surface area contributed by atoms with Crippen molar-refractivity contribution in [2.75, 3.05) is 31.5 Å². The predicted octanol–water partition coefficient (Wildman–Crippen LogP) is 1.95. The van der Waals surface area contributed by atoms with Crippen molar-refractivity contribution in [3.05, 3.63) is 6.07 Å². The molecule has 1 aromatic rings. The Hall–Kier alpha value is -1.23. The Bertz CT molecular complexity index is 338. The van der Waals surface area contributed by atoms with Crippen molar-refractivity contribution in [1.82, 2.24) is 9.97 Å². The third-order valence-electron chi connectivity index (χ3n) is 2.29. The lowest BCUT2D eigenvalue weighted by atomic mass is 10.3. The fourth-order valence-corrected chi connectivity index (χ4v) is 1.59. The first kappa shape index (κ1) is 13.8.